The summed E-state index contributed by atoms with van der Waals surface area (Å²) in [6.07, 6.45) is 3.17. The summed E-state index contributed by atoms with van der Waals surface area (Å²) in [6.45, 7) is 3.95. The number of nitrogens with one attached hydrogen (secondary N) is 1. The van der Waals surface area contributed by atoms with E-state index in [9.17, 15) is 0 Å². The molecule has 0 spiro atoms. The number of hydrogen-bond donors (Lipinski definition) is 1. The van der Waals surface area contributed by atoms with Gasteiger partial charge < -0.3 is 5.32 Å². The van der Waals surface area contributed by atoms with Gasteiger partial charge in [0, 0.05) is 24.5 Å². The molecule has 1 N–H and O–H groups in total. The Morgan fingerprint density at radius 2 is 2.00 bits per heavy atom. The standard InChI is InChI=1S/C11H13N5/c1-7-8(2)15-11(16-10(7)12-3)9-4-5-13-6-14-9/h4-6H,1-3H3,(H,12,15,16). The molecule has 0 radical (unpaired) electrons. The van der Waals surface area contributed by atoms with Gasteiger partial charge in [0.2, 0.25) is 0 Å². The number of aromatic nitrogens is 4. The van der Waals surface area contributed by atoms with Crippen molar-refractivity contribution in [2.24, 2.45) is 0 Å². The van der Waals surface area contributed by atoms with Gasteiger partial charge in [-0.3, -0.25) is 0 Å². The molecule has 16 heavy (non-hydrogen) atoms. The summed E-state index contributed by atoms with van der Waals surface area (Å²) in [7, 11) is 1.85. The summed E-state index contributed by atoms with van der Waals surface area (Å²) >= 11 is 0. The lowest BCUT2D eigenvalue weighted by atomic mass is 10.2. The van der Waals surface area contributed by atoms with Crippen molar-refractivity contribution in [2.75, 3.05) is 12.4 Å². The van der Waals surface area contributed by atoms with Crippen LogP contribution in [0.3, 0.4) is 0 Å². The summed E-state index contributed by atoms with van der Waals surface area (Å²) in [6, 6.07) is 1.80. The van der Waals surface area contributed by atoms with E-state index in [-0.39, 0.29) is 0 Å². The minimum Gasteiger partial charge on any atom is -0.373 e. The lowest BCUT2D eigenvalue weighted by Gasteiger charge is -2.08. The lowest BCUT2D eigenvalue weighted by Crippen LogP contribution is -2.03. The van der Waals surface area contributed by atoms with Gasteiger partial charge in [-0.2, -0.15) is 0 Å². The average Bonchev–Trinajstić information content (AvgIpc) is 2.33. The van der Waals surface area contributed by atoms with E-state index in [1.54, 1.807) is 12.3 Å². The molecule has 0 aromatic carbocycles. The van der Waals surface area contributed by atoms with Crippen LogP contribution < -0.4 is 5.32 Å². The highest BCUT2D eigenvalue weighted by Crippen LogP contribution is 2.19. The fourth-order valence-corrected chi connectivity index (χ4v) is 1.41. The predicted octanol–water partition coefficient (Wildman–Crippen LogP) is 1.59. The van der Waals surface area contributed by atoms with Crippen LogP contribution in [0.5, 0.6) is 0 Å². The summed E-state index contributed by atoms with van der Waals surface area (Å²) in [5.41, 5.74) is 2.74. The van der Waals surface area contributed by atoms with Gasteiger partial charge in [-0.15, -0.1) is 0 Å². The topological polar surface area (TPSA) is 63.6 Å². The van der Waals surface area contributed by atoms with Gasteiger partial charge in [0.25, 0.3) is 0 Å². The first-order chi connectivity index (χ1) is 7.72. The minimum atomic E-state index is 0.620. The van der Waals surface area contributed by atoms with Crippen LogP contribution >= 0.6 is 0 Å². The second kappa shape index (κ2) is 4.22. The molecule has 2 aromatic heterocycles. The average molecular weight is 215 g/mol. The summed E-state index contributed by atoms with van der Waals surface area (Å²) in [5, 5.41) is 3.05. The minimum absolute atomic E-state index is 0.620. The van der Waals surface area contributed by atoms with Crippen LogP contribution in [0.1, 0.15) is 11.3 Å². The zero-order valence-corrected chi connectivity index (χ0v) is 9.52. The second-order valence-corrected chi connectivity index (χ2v) is 3.45. The van der Waals surface area contributed by atoms with Gasteiger partial charge in [0.1, 0.15) is 17.8 Å². The maximum Gasteiger partial charge on any atom is 0.180 e. The highest BCUT2D eigenvalue weighted by Gasteiger charge is 2.08. The second-order valence-electron chi connectivity index (χ2n) is 3.45. The molecular weight excluding hydrogens is 202 g/mol. The number of aryl methyl sites for hydroxylation is 1. The van der Waals surface area contributed by atoms with E-state index in [1.165, 1.54) is 6.33 Å². The molecule has 0 saturated heterocycles. The van der Waals surface area contributed by atoms with Crippen molar-refractivity contribution < 1.29 is 0 Å². The van der Waals surface area contributed by atoms with Crippen molar-refractivity contribution in [3.8, 4) is 11.5 Å². The van der Waals surface area contributed by atoms with Crippen LogP contribution in [0.15, 0.2) is 18.6 Å². The summed E-state index contributed by atoms with van der Waals surface area (Å²) < 4.78 is 0. The molecule has 5 nitrogen and oxygen atoms in total. The molecule has 2 aromatic rings. The Bertz CT molecular complexity index is 495. The number of rotatable bonds is 2. The molecule has 5 heteroatoms. The molecule has 2 heterocycles. The van der Waals surface area contributed by atoms with Crippen molar-refractivity contribution >= 4 is 5.82 Å². The molecule has 0 aliphatic carbocycles. The first-order valence-corrected chi connectivity index (χ1v) is 5.01. The Morgan fingerprint density at radius 1 is 1.19 bits per heavy atom. The first kappa shape index (κ1) is 10.5. The third-order valence-electron chi connectivity index (χ3n) is 2.44. The van der Waals surface area contributed by atoms with Crippen LogP contribution in [-0.2, 0) is 0 Å². The van der Waals surface area contributed by atoms with E-state index in [2.05, 4.69) is 25.3 Å². The Kier molecular flexibility index (Phi) is 2.76. The molecule has 2 rings (SSSR count). The zero-order valence-electron chi connectivity index (χ0n) is 9.52. The van der Waals surface area contributed by atoms with E-state index in [0.29, 0.717) is 5.82 Å². The largest absolute Gasteiger partial charge is 0.373 e. The van der Waals surface area contributed by atoms with Gasteiger partial charge in [0.05, 0.1) is 0 Å². The Hall–Kier alpha value is -2.04. The maximum atomic E-state index is 4.41. The summed E-state index contributed by atoms with van der Waals surface area (Å²) in [4.78, 5) is 16.8. The van der Waals surface area contributed by atoms with Crippen molar-refractivity contribution in [3.63, 3.8) is 0 Å². The molecule has 82 valence electrons. The Balaban J connectivity index is 2.55. The molecular formula is C11H13N5. The Morgan fingerprint density at radius 3 is 2.62 bits per heavy atom. The van der Waals surface area contributed by atoms with Crippen molar-refractivity contribution in [1.29, 1.82) is 0 Å². The highest BCUT2D eigenvalue weighted by atomic mass is 15.0. The lowest BCUT2D eigenvalue weighted by molar-refractivity contribution is 1.04. The van der Waals surface area contributed by atoms with Gasteiger partial charge in [-0.25, -0.2) is 19.9 Å². The molecule has 0 aliphatic rings. The van der Waals surface area contributed by atoms with Crippen LogP contribution in [0, 0.1) is 13.8 Å². The van der Waals surface area contributed by atoms with Crippen molar-refractivity contribution in [1.82, 2.24) is 19.9 Å². The van der Waals surface area contributed by atoms with Gasteiger partial charge >= 0.3 is 0 Å². The monoisotopic (exact) mass is 215 g/mol. The van der Waals surface area contributed by atoms with Gasteiger partial charge in [-0.1, -0.05) is 0 Å². The number of anilines is 1. The van der Waals surface area contributed by atoms with E-state index >= 15 is 0 Å². The fraction of sp³-hybridized carbons (Fsp3) is 0.273. The summed E-state index contributed by atoms with van der Waals surface area (Å²) in [5.74, 6) is 1.45. The van der Waals surface area contributed by atoms with E-state index in [1.807, 2.05) is 20.9 Å². The molecule has 0 amide bonds. The predicted molar refractivity (Wildman–Crippen MR) is 62.1 cm³/mol. The Labute approximate surface area is 94.0 Å². The SMILES string of the molecule is CNc1nc(-c2ccncn2)nc(C)c1C. The molecule has 0 atom stereocenters. The van der Waals surface area contributed by atoms with E-state index < -0.39 is 0 Å². The molecule has 0 saturated carbocycles. The highest BCUT2D eigenvalue weighted by molar-refractivity contribution is 5.55. The van der Waals surface area contributed by atoms with Crippen LogP contribution in [0.2, 0.25) is 0 Å². The van der Waals surface area contributed by atoms with Crippen LogP contribution in [0.25, 0.3) is 11.5 Å². The van der Waals surface area contributed by atoms with E-state index in [0.717, 1.165) is 22.8 Å². The van der Waals surface area contributed by atoms with Crippen molar-refractivity contribution in [3.05, 3.63) is 29.8 Å². The van der Waals surface area contributed by atoms with Crippen molar-refractivity contribution in [2.45, 2.75) is 13.8 Å². The molecule has 0 aliphatic heterocycles. The number of hydrogen-bond acceptors (Lipinski definition) is 5. The molecule has 0 fully saturated rings. The molecule has 0 bridgehead atoms. The first-order valence-electron chi connectivity index (χ1n) is 5.01. The quantitative estimate of drug-likeness (QED) is 0.824. The third kappa shape index (κ3) is 1.84. The van der Waals surface area contributed by atoms with Gasteiger partial charge in [0.15, 0.2) is 5.82 Å². The third-order valence-corrected chi connectivity index (χ3v) is 2.44. The van der Waals surface area contributed by atoms with E-state index in [4.69, 9.17) is 0 Å². The number of nitrogens with zero attached hydrogens (tertiary/aromatic N) is 4. The zero-order chi connectivity index (χ0) is 11.5. The van der Waals surface area contributed by atoms with Crippen LogP contribution in [0.4, 0.5) is 5.82 Å². The fourth-order valence-electron chi connectivity index (χ4n) is 1.41. The smallest absolute Gasteiger partial charge is 0.180 e. The maximum absolute atomic E-state index is 4.41. The molecule has 0 unspecified atom stereocenters. The van der Waals surface area contributed by atoms with Crippen LogP contribution in [-0.4, -0.2) is 27.0 Å². The normalized spacial score (nSPS) is 10.2. The van der Waals surface area contributed by atoms with Gasteiger partial charge in [-0.05, 0) is 19.9 Å².